The summed E-state index contributed by atoms with van der Waals surface area (Å²) >= 11 is 0. The normalized spacial score (nSPS) is 12.2. The predicted molar refractivity (Wildman–Crippen MR) is 41.3 cm³/mol. The van der Waals surface area contributed by atoms with Crippen LogP contribution in [0.3, 0.4) is 0 Å². The molecule has 0 aliphatic heterocycles. The SMILES string of the molecule is CON(C)C(=O)[C@@H]([NH3+])C(C)C.[Cl-]. The van der Waals surface area contributed by atoms with Crippen LogP contribution < -0.4 is 18.1 Å². The van der Waals surface area contributed by atoms with Crippen LogP contribution in [0.15, 0.2) is 0 Å². The molecule has 0 aliphatic carbocycles. The quantitative estimate of drug-likeness (QED) is 0.472. The summed E-state index contributed by atoms with van der Waals surface area (Å²) in [7, 11) is 3.05. The molecule has 0 fully saturated rings. The van der Waals surface area contributed by atoms with E-state index in [2.05, 4.69) is 5.73 Å². The van der Waals surface area contributed by atoms with Gasteiger partial charge in [0.05, 0.1) is 7.11 Å². The van der Waals surface area contributed by atoms with Gasteiger partial charge >= 0.3 is 5.91 Å². The molecule has 3 N–H and O–H groups in total. The number of hydroxylamine groups is 2. The zero-order chi connectivity index (χ0) is 9.02. The molecule has 0 unspecified atom stereocenters. The average Bonchev–Trinajstić information content (AvgIpc) is 2.00. The number of carbonyl (C=O) groups excluding carboxylic acids is 1. The Morgan fingerprint density at radius 3 is 2.17 bits per heavy atom. The minimum Gasteiger partial charge on any atom is -1.00 e. The first-order valence-electron chi connectivity index (χ1n) is 3.65. The zero-order valence-corrected chi connectivity index (χ0v) is 8.76. The number of quaternary nitrogens is 1. The lowest BCUT2D eigenvalue weighted by Gasteiger charge is -2.18. The third kappa shape index (κ3) is 3.90. The van der Waals surface area contributed by atoms with Crippen molar-refractivity contribution in [1.29, 1.82) is 0 Å². The van der Waals surface area contributed by atoms with Gasteiger partial charge in [-0.15, -0.1) is 0 Å². The molecule has 0 aromatic heterocycles. The van der Waals surface area contributed by atoms with E-state index >= 15 is 0 Å². The Hall–Kier alpha value is -0.320. The Bertz CT molecular complexity index is 141. The zero-order valence-electron chi connectivity index (χ0n) is 8.00. The molecular weight excluding hydrogens is 180 g/mol. The molecule has 0 aromatic carbocycles. The molecule has 74 valence electrons. The number of carbonyl (C=O) groups is 1. The maximum absolute atomic E-state index is 11.3. The van der Waals surface area contributed by atoms with Gasteiger partial charge in [-0.05, 0) is 0 Å². The van der Waals surface area contributed by atoms with Crippen LogP contribution in [0.25, 0.3) is 0 Å². The van der Waals surface area contributed by atoms with Gasteiger partial charge in [0.25, 0.3) is 0 Å². The maximum Gasteiger partial charge on any atom is 0.304 e. The first kappa shape index (κ1) is 14.2. The number of hydrogen-bond acceptors (Lipinski definition) is 2. The van der Waals surface area contributed by atoms with Gasteiger partial charge in [0, 0.05) is 13.0 Å². The summed E-state index contributed by atoms with van der Waals surface area (Å²) in [6.45, 7) is 3.91. The smallest absolute Gasteiger partial charge is 0.304 e. The van der Waals surface area contributed by atoms with E-state index in [1.54, 1.807) is 7.05 Å². The highest BCUT2D eigenvalue weighted by molar-refractivity contribution is 5.79. The van der Waals surface area contributed by atoms with Crippen LogP contribution in [-0.4, -0.2) is 31.2 Å². The molecule has 4 nitrogen and oxygen atoms in total. The standard InChI is InChI=1S/C7H16N2O2.ClH/c1-5(2)6(8)7(10)9(3)11-4;/h5-6H,8H2,1-4H3;1H/t6-;/m0./s1. The van der Waals surface area contributed by atoms with Gasteiger partial charge in [0.2, 0.25) is 0 Å². The van der Waals surface area contributed by atoms with Crippen LogP contribution in [0, 0.1) is 5.92 Å². The van der Waals surface area contributed by atoms with Crippen molar-refractivity contribution in [3.8, 4) is 0 Å². The van der Waals surface area contributed by atoms with E-state index in [1.165, 1.54) is 12.2 Å². The molecule has 12 heavy (non-hydrogen) atoms. The minimum absolute atomic E-state index is 0. The van der Waals surface area contributed by atoms with E-state index in [0.717, 1.165) is 0 Å². The third-order valence-electron chi connectivity index (χ3n) is 1.71. The molecule has 5 heteroatoms. The highest BCUT2D eigenvalue weighted by Crippen LogP contribution is 1.99. The highest BCUT2D eigenvalue weighted by Gasteiger charge is 2.24. The Balaban J connectivity index is 0. The van der Waals surface area contributed by atoms with Crippen molar-refractivity contribution < 1.29 is 27.8 Å². The summed E-state index contributed by atoms with van der Waals surface area (Å²) in [5, 5.41) is 1.21. The maximum atomic E-state index is 11.3. The van der Waals surface area contributed by atoms with Gasteiger partial charge in [-0.1, -0.05) is 13.8 Å². The topological polar surface area (TPSA) is 57.2 Å². The second-order valence-corrected chi connectivity index (χ2v) is 2.87. The van der Waals surface area contributed by atoms with E-state index in [1.807, 2.05) is 13.8 Å². The Morgan fingerprint density at radius 1 is 1.50 bits per heavy atom. The Morgan fingerprint density at radius 2 is 1.92 bits per heavy atom. The van der Waals surface area contributed by atoms with Crippen LogP contribution in [0.2, 0.25) is 0 Å². The average molecular weight is 197 g/mol. The molecule has 0 aromatic rings. The summed E-state index contributed by atoms with van der Waals surface area (Å²) in [6, 6.07) is -0.222. The lowest BCUT2D eigenvalue weighted by atomic mass is 10.1. The van der Waals surface area contributed by atoms with Crippen molar-refractivity contribution in [3.63, 3.8) is 0 Å². The summed E-state index contributed by atoms with van der Waals surface area (Å²) in [4.78, 5) is 16.0. The first-order chi connectivity index (χ1) is 5.00. The molecule has 0 bridgehead atoms. The van der Waals surface area contributed by atoms with E-state index in [0.29, 0.717) is 0 Å². The van der Waals surface area contributed by atoms with Crippen molar-refractivity contribution in [3.05, 3.63) is 0 Å². The van der Waals surface area contributed by atoms with Gasteiger partial charge < -0.3 is 18.1 Å². The molecule has 0 rings (SSSR count). The molecular formula is C7H17ClN2O2. The molecule has 0 heterocycles. The number of hydrogen-bond donors (Lipinski definition) is 1. The molecule has 1 amide bonds. The van der Waals surface area contributed by atoms with Crippen molar-refractivity contribution >= 4 is 5.91 Å². The van der Waals surface area contributed by atoms with Crippen molar-refractivity contribution in [2.24, 2.45) is 5.92 Å². The van der Waals surface area contributed by atoms with Crippen LogP contribution in [0.4, 0.5) is 0 Å². The highest BCUT2D eigenvalue weighted by atomic mass is 35.5. The van der Waals surface area contributed by atoms with Gasteiger partial charge in [-0.3, -0.25) is 9.63 Å². The monoisotopic (exact) mass is 196 g/mol. The van der Waals surface area contributed by atoms with Gasteiger partial charge in [-0.2, -0.15) is 0 Å². The molecule has 0 saturated carbocycles. The Labute approximate surface area is 79.4 Å². The van der Waals surface area contributed by atoms with Crippen molar-refractivity contribution in [2.45, 2.75) is 19.9 Å². The summed E-state index contributed by atoms with van der Waals surface area (Å²) in [5.74, 6) is 0.169. The van der Waals surface area contributed by atoms with E-state index < -0.39 is 0 Å². The van der Waals surface area contributed by atoms with Gasteiger partial charge in [0.15, 0.2) is 6.04 Å². The molecule has 0 spiro atoms. The van der Waals surface area contributed by atoms with Gasteiger partial charge in [-0.25, -0.2) is 5.06 Å². The number of likely N-dealkylation sites (N-methyl/N-ethyl adjacent to an activating group) is 1. The fourth-order valence-corrected chi connectivity index (χ4v) is 0.609. The van der Waals surface area contributed by atoms with Crippen molar-refractivity contribution in [2.75, 3.05) is 14.2 Å². The Kier molecular flexibility index (Phi) is 7.37. The van der Waals surface area contributed by atoms with Crippen LogP contribution >= 0.6 is 0 Å². The van der Waals surface area contributed by atoms with Crippen molar-refractivity contribution in [1.82, 2.24) is 5.06 Å². The largest absolute Gasteiger partial charge is 1.00 e. The number of rotatable bonds is 3. The second-order valence-electron chi connectivity index (χ2n) is 2.87. The number of nitrogens with zero attached hydrogens (tertiary/aromatic N) is 1. The number of amides is 1. The van der Waals surface area contributed by atoms with Crippen LogP contribution in [0.5, 0.6) is 0 Å². The lowest BCUT2D eigenvalue weighted by Crippen LogP contribution is -3.00. The summed E-state index contributed by atoms with van der Waals surface area (Å²) in [6.07, 6.45) is 0. The molecule has 0 saturated heterocycles. The predicted octanol–water partition coefficient (Wildman–Crippen LogP) is -3.72. The third-order valence-corrected chi connectivity index (χ3v) is 1.71. The van der Waals surface area contributed by atoms with Gasteiger partial charge in [0.1, 0.15) is 0 Å². The molecule has 0 aliphatic rings. The molecule has 0 radical (unpaired) electrons. The van der Waals surface area contributed by atoms with E-state index in [4.69, 9.17) is 4.84 Å². The summed E-state index contributed by atoms with van der Waals surface area (Å²) < 4.78 is 0. The lowest BCUT2D eigenvalue weighted by molar-refractivity contribution is -0.419. The first-order valence-corrected chi connectivity index (χ1v) is 3.65. The second kappa shape index (κ2) is 6.22. The van der Waals surface area contributed by atoms with Crippen LogP contribution in [-0.2, 0) is 9.63 Å². The van der Waals surface area contributed by atoms with Crippen LogP contribution in [0.1, 0.15) is 13.8 Å². The molecule has 1 atom stereocenters. The fraction of sp³-hybridized carbons (Fsp3) is 0.857. The fourth-order valence-electron chi connectivity index (χ4n) is 0.609. The van der Waals surface area contributed by atoms with E-state index in [9.17, 15) is 4.79 Å². The minimum atomic E-state index is -0.222. The summed E-state index contributed by atoms with van der Waals surface area (Å²) in [5.41, 5.74) is 3.74. The van der Waals surface area contributed by atoms with E-state index in [-0.39, 0.29) is 30.3 Å². The number of halogens is 1.